The topological polar surface area (TPSA) is 55.2 Å². The lowest BCUT2D eigenvalue weighted by molar-refractivity contribution is -0.133. The zero-order valence-corrected chi connectivity index (χ0v) is 23.2. The number of rotatable bonds is 11. The number of carbonyl (C=O) groups excluding carboxylic acids is 1. The van der Waals surface area contributed by atoms with Gasteiger partial charge < -0.3 is 4.90 Å². The van der Waals surface area contributed by atoms with Crippen LogP contribution in [-0.4, -0.2) is 26.9 Å². The molecule has 1 heterocycles. The van der Waals surface area contributed by atoms with Gasteiger partial charge in [0.05, 0.1) is 22.6 Å². The van der Waals surface area contributed by atoms with Gasteiger partial charge in [-0.3, -0.25) is 14.2 Å². The van der Waals surface area contributed by atoms with E-state index in [1.54, 1.807) is 22.8 Å². The van der Waals surface area contributed by atoms with E-state index in [9.17, 15) is 9.59 Å². The van der Waals surface area contributed by atoms with Crippen molar-refractivity contribution in [3.05, 3.63) is 105 Å². The molecule has 38 heavy (non-hydrogen) atoms. The van der Waals surface area contributed by atoms with Crippen LogP contribution < -0.4 is 5.56 Å². The third-order valence-electron chi connectivity index (χ3n) is 7.04. The maximum Gasteiger partial charge on any atom is 0.266 e. The predicted octanol–water partition coefficient (Wildman–Crippen LogP) is 7.45. The molecule has 198 valence electrons. The van der Waals surface area contributed by atoms with Crippen molar-refractivity contribution < 1.29 is 4.79 Å². The molecular formula is C32H36ClN3O2. The summed E-state index contributed by atoms with van der Waals surface area (Å²) in [6.45, 7) is 6.68. The van der Waals surface area contributed by atoms with Gasteiger partial charge in [0.1, 0.15) is 5.82 Å². The molecule has 0 N–H and O–H groups in total. The van der Waals surface area contributed by atoms with E-state index >= 15 is 0 Å². The summed E-state index contributed by atoms with van der Waals surface area (Å²) in [7, 11) is 0. The molecule has 1 aromatic heterocycles. The number of halogens is 1. The molecule has 0 fully saturated rings. The van der Waals surface area contributed by atoms with Gasteiger partial charge in [-0.05, 0) is 62.6 Å². The van der Waals surface area contributed by atoms with Gasteiger partial charge in [-0.2, -0.15) is 0 Å². The minimum atomic E-state index is -0.422. The van der Waals surface area contributed by atoms with Gasteiger partial charge in [-0.25, -0.2) is 4.98 Å². The SMILES string of the molecule is CCCCCCC(=O)N(CCc1ccccc1)C(C)c1nc2cc(Cl)ccc2c(=O)n1-c1ccc(C)cc1. The molecule has 0 bridgehead atoms. The van der Waals surface area contributed by atoms with Gasteiger partial charge in [0.2, 0.25) is 5.91 Å². The summed E-state index contributed by atoms with van der Waals surface area (Å²) in [6, 6.07) is 22.7. The van der Waals surface area contributed by atoms with Gasteiger partial charge in [0, 0.05) is 18.0 Å². The van der Waals surface area contributed by atoms with Crippen LogP contribution in [0.2, 0.25) is 5.02 Å². The third-order valence-corrected chi connectivity index (χ3v) is 7.27. The van der Waals surface area contributed by atoms with Crippen molar-refractivity contribution in [3.63, 3.8) is 0 Å². The molecule has 1 amide bonds. The maximum atomic E-state index is 13.8. The average molecular weight is 530 g/mol. The van der Waals surface area contributed by atoms with Crippen LogP contribution in [0.1, 0.15) is 68.9 Å². The lowest BCUT2D eigenvalue weighted by Gasteiger charge is -2.31. The van der Waals surface area contributed by atoms with Crippen molar-refractivity contribution in [1.82, 2.24) is 14.5 Å². The molecule has 0 aliphatic carbocycles. The van der Waals surface area contributed by atoms with E-state index < -0.39 is 6.04 Å². The molecule has 4 aromatic rings. The Labute approximate surface area is 230 Å². The fraction of sp³-hybridized carbons (Fsp3) is 0.344. The number of fused-ring (bicyclic) bond motifs is 1. The highest BCUT2D eigenvalue weighted by Crippen LogP contribution is 2.26. The van der Waals surface area contributed by atoms with E-state index in [0.29, 0.717) is 34.7 Å². The number of hydrogen-bond acceptors (Lipinski definition) is 3. The molecule has 0 saturated heterocycles. The molecule has 0 saturated carbocycles. The molecule has 0 spiro atoms. The Kier molecular flexibility index (Phi) is 9.35. The number of carbonyl (C=O) groups is 1. The van der Waals surface area contributed by atoms with E-state index in [1.807, 2.05) is 61.2 Å². The summed E-state index contributed by atoms with van der Waals surface area (Å²) in [4.78, 5) is 34.3. The predicted molar refractivity (Wildman–Crippen MR) is 156 cm³/mol. The van der Waals surface area contributed by atoms with Gasteiger partial charge >= 0.3 is 0 Å². The number of aromatic nitrogens is 2. The van der Waals surface area contributed by atoms with E-state index in [0.717, 1.165) is 48.9 Å². The number of benzene rings is 3. The number of nitrogens with zero attached hydrogens (tertiary/aromatic N) is 3. The number of unbranched alkanes of at least 4 members (excludes halogenated alkanes) is 3. The number of aryl methyl sites for hydroxylation is 1. The Morgan fingerprint density at radius 3 is 2.45 bits per heavy atom. The second-order valence-corrected chi connectivity index (χ2v) is 10.4. The maximum absolute atomic E-state index is 13.8. The molecule has 0 aliphatic heterocycles. The van der Waals surface area contributed by atoms with Crippen molar-refractivity contribution in [1.29, 1.82) is 0 Å². The third kappa shape index (κ3) is 6.51. The second-order valence-electron chi connectivity index (χ2n) is 9.92. The second kappa shape index (κ2) is 12.9. The highest BCUT2D eigenvalue weighted by atomic mass is 35.5. The first-order valence-electron chi connectivity index (χ1n) is 13.5. The Morgan fingerprint density at radius 1 is 1.00 bits per heavy atom. The van der Waals surface area contributed by atoms with Crippen molar-refractivity contribution in [3.8, 4) is 5.69 Å². The number of hydrogen-bond donors (Lipinski definition) is 0. The Bertz CT molecular complexity index is 1430. The first-order valence-corrected chi connectivity index (χ1v) is 13.9. The average Bonchev–Trinajstić information content (AvgIpc) is 2.92. The monoisotopic (exact) mass is 529 g/mol. The summed E-state index contributed by atoms with van der Waals surface area (Å²) in [5, 5.41) is 1.01. The van der Waals surface area contributed by atoms with Crippen molar-refractivity contribution in [2.24, 2.45) is 0 Å². The highest BCUT2D eigenvalue weighted by Gasteiger charge is 2.26. The van der Waals surface area contributed by atoms with Crippen LogP contribution in [0.15, 0.2) is 77.6 Å². The van der Waals surface area contributed by atoms with E-state index in [1.165, 1.54) is 0 Å². The largest absolute Gasteiger partial charge is 0.332 e. The summed E-state index contributed by atoms with van der Waals surface area (Å²) in [5.41, 5.74) is 3.36. The van der Waals surface area contributed by atoms with Gasteiger partial charge in [0.25, 0.3) is 5.56 Å². The summed E-state index contributed by atoms with van der Waals surface area (Å²) >= 11 is 6.28. The van der Waals surface area contributed by atoms with Gasteiger partial charge in [-0.15, -0.1) is 0 Å². The molecule has 4 rings (SSSR count). The van der Waals surface area contributed by atoms with Crippen LogP contribution >= 0.6 is 11.6 Å². The molecule has 1 unspecified atom stereocenters. The van der Waals surface area contributed by atoms with Crippen LogP contribution in [0.3, 0.4) is 0 Å². The Balaban J connectivity index is 1.78. The molecule has 1 atom stereocenters. The summed E-state index contributed by atoms with van der Waals surface area (Å²) in [5.74, 6) is 0.615. The molecule has 5 nitrogen and oxygen atoms in total. The molecule has 0 aliphatic rings. The first-order chi connectivity index (χ1) is 18.4. The van der Waals surface area contributed by atoms with E-state index in [-0.39, 0.29) is 11.5 Å². The minimum Gasteiger partial charge on any atom is -0.332 e. The molecule has 3 aromatic carbocycles. The van der Waals surface area contributed by atoms with Crippen LogP contribution in [-0.2, 0) is 11.2 Å². The van der Waals surface area contributed by atoms with Crippen LogP contribution in [0, 0.1) is 6.92 Å². The first kappa shape index (κ1) is 27.6. The van der Waals surface area contributed by atoms with Crippen LogP contribution in [0.5, 0.6) is 0 Å². The van der Waals surface area contributed by atoms with Crippen LogP contribution in [0.4, 0.5) is 0 Å². The van der Waals surface area contributed by atoms with Crippen molar-refractivity contribution in [2.45, 2.75) is 65.3 Å². The lowest BCUT2D eigenvalue weighted by atomic mass is 10.1. The van der Waals surface area contributed by atoms with Gasteiger partial charge in [-0.1, -0.05) is 85.8 Å². The fourth-order valence-electron chi connectivity index (χ4n) is 4.81. The Morgan fingerprint density at radius 2 is 1.74 bits per heavy atom. The normalized spacial score (nSPS) is 12.0. The van der Waals surface area contributed by atoms with E-state index in [4.69, 9.17) is 16.6 Å². The van der Waals surface area contributed by atoms with Crippen molar-refractivity contribution in [2.75, 3.05) is 6.54 Å². The zero-order valence-electron chi connectivity index (χ0n) is 22.5. The lowest BCUT2D eigenvalue weighted by Crippen LogP contribution is -2.38. The Hall–Kier alpha value is -3.44. The van der Waals surface area contributed by atoms with Crippen molar-refractivity contribution >= 4 is 28.4 Å². The number of amides is 1. The highest BCUT2D eigenvalue weighted by molar-refractivity contribution is 6.31. The fourth-order valence-corrected chi connectivity index (χ4v) is 4.98. The quantitative estimate of drug-likeness (QED) is 0.190. The molecule has 0 radical (unpaired) electrons. The molecule has 6 heteroatoms. The van der Waals surface area contributed by atoms with Crippen LogP contribution in [0.25, 0.3) is 16.6 Å². The zero-order chi connectivity index (χ0) is 27.1. The van der Waals surface area contributed by atoms with E-state index in [2.05, 4.69) is 19.1 Å². The summed E-state index contributed by atoms with van der Waals surface area (Å²) in [6.07, 6.45) is 5.32. The minimum absolute atomic E-state index is 0.0837. The van der Waals surface area contributed by atoms with Gasteiger partial charge in [0.15, 0.2) is 0 Å². The standard InChI is InChI=1S/C32H36ClN3O2/c1-4-5-6-10-13-30(37)35(21-20-25-11-8-7-9-12-25)24(3)31-34-29-22-26(33)16-19-28(29)32(38)36(31)27-17-14-23(2)15-18-27/h7-9,11-12,14-19,22,24H,4-6,10,13,20-21H2,1-3H3. The smallest absolute Gasteiger partial charge is 0.266 e. The molecular weight excluding hydrogens is 494 g/mol. The summed E-state index contributed by atoms with van der Waals surface area (Å²) < 4.78 is 1.65.